The van der Waals surface area contributed by atoms with E-state index in [0.29, 0.717) is 36.0 Å². The molecule has 1 aliphatic rings. The Labute approximate surface area is 122 Å². The molecule has 0 unspecified atom stereocenters. The molecule has 1 aromatic heterocycles. The number of nitrogens with zero attached hydrogens (tertiary/aromatic N) is 1. The SMILES string of the molecule is Cc1c(Br)c(-c2cc(C(=O)O)no2)cc2c1OCCO2. The number of carboxylic acids is 1. The molecule has 0 fully saturated rings. The molecule has 1 N–H and O–H groups in total. The first kappa shape index (κ1) is 13.0. The number of hydrogen-bond acceptors (Lipinski definition) is 5. The molecule has 0 saturated heterocycles. The fourth-order valence-corrected chi connectivity index (χ4v) is 2.50. The lowest BCUT2D eigenvalue weighted by Gasteiger charge is -2.21. The van der Waals surface area contributed by atoms with Crippen LogP contribution in [0.25, 0.3) is 11.3 Å². The van der Waals surface area contributed by atoms with Crippen molar-refractivity contribution < 1.29 is 23.9 Å². The highest BCUT2D eigenvalue weighted by Gasteiger charge is 2.22. The molecule has 2 heterocycles. The predicted molar refractivity (Wildman–Crippen MR) is 72.3 cm³/mol. The number of hydrogen-bond donors (Lipinski definition) is 1. The summed E-state index contributed by atoms with van der Waals surface area (Å²) >= 11 is 3.47. The maximum absolute atomic E-state index is 10.9. The lowest BCUT2D eigenvalue weighted by atomic mass is 10.1. The molecule has 0 aliphatic carbocycles. The van der Waals surface area contributed by atoms with Crippen LogP contribution in [0.1, 0.15) is 16.1 Å². The molecule has 2 aromatic rings. The second-order valence-electron chi connectivity index (χ2n) is 4.27. The van der Waals surface area contributed by atoms with Crippen molar-refractivity contribution in [1.82, 2.24) is 5.16 Å². The van der Waals surface area contributed by atoms with Crippen molar-refractivity contribution >= 4 is 21.9 Å². The third-order valence-electron chi connectivity index (χ3n) is 2.99. The van der Waals surface area contributed by atoms with Gasteiger partial charge in [0.2, 0.25) is 0 Å². The molecule has 7 heteroatoms. The van der Waals surface area contributed by atoms with Crippen LogP contribution in [0.15, 0.2) is 21.1 Å². The van der Waals surface area contributed by atoms with Crippen LogP contribution >= 0.6 is 15.9 Å². The van der Waals surface area contributed by atoms with Crippen molar-refractivity contribution in [2.24, 2.45) is 0 Å². The fourth-order valence-electron chi connectivity index (χ4n) is 2.01. The molecular weight excluding hydrogens is 330 g/mol. The second-order valence-corrected chi connectivity index (χ2v) is 5.06. The molecule has 3 rings (SSSR count). The highest BCUT2D eigenvalue weighted by molar-refractivity contribution is 9.10. The highest BCUT2D eigenvalue weighted by atomic mass is 79.9. The summed E-state index contributed by atoms with van der Waals surface area (Å²) in [6.07, 6.45) is 0. The number of fused-ring (bicyclic) bond motifs is 1. The van der Waals surface area contributed by atoms with Crippen molar-refractivity contribution in [2.45, 2.75) is 6.92 Å². The van der Waals surface area contributed by atoms with Crippen LogP contribution < -0.4 is 9.47 Å². The first-order valence-electron chi connectivity index (χ1n) is 5.87. The van der Waals surface area contributed by atoms with Crippen molar-refractivity contribution in [1.29, 1.82) is 0 Å². The smallest absolute Gasteiger partial charge is 0.358 e. The van der Waals surface area contributed by atoms with E-state index in [-0.39, 0.29) is 5.69 Å². The number of ether oxygens (including phenoxy) is 2. The Morgan fingerprint density at radius 1 is 1.35 bits per heavy atom. The Morgan fingerprint density at radius 3 is 2.80 bits per heavy atom. The van der Waals surface area contributed by atoms with Crippen molar-refractivity contribution in [3.8, 4) is 22.8 Å². The second kappa shape index (κ2) is 4.82. The number of aromatic nitrogens is 1. The molecule has 0 radical (unpaired) electrons. The Bertz CT molecular complexity index is 694. The minimum atomic E-state index is -1.13. The number of carbonyl (C=O) groups is 1. The minimum Gasteiger partial charge on any atom is -0.486 e. The van der Waals surface area contributed by atoms with E-state index in [1.807, 2.05) is 6.92 Å². The maximum atomic E-state index is 10.9. The summed E-state index contributed by atoms with van der Waals surface area (Å²) in [6, 6.07) is 3.12. The summed E-state index contributed by atoms with van der Waals surface area (Å²) in [7, 11) is 0. The average Bonchev–Trinajstić information content (AvgIpc) is 2.92. The van der Waals surface area contributed by atoms with Crippen molar-refractivity contribution in [2.75, 3.05) is 13.2 Å². The quantitative estimate of drug-likeness (QED) is 0.905. The molecule has 20 heavy (non-hydrogen) atoms. The topological polar surface area (TPSA) is 81.8 Å². The summed E-state index contributed by atoms with van der Waals surface area (Å²) in [5.74, 6) is 0.518. The standard InChI is InChI=1S/C13H10BrNO5/c1-6-11(14)7(4-10-12(6)19-3-2-18-10)9-5-8(13(16)17)15-20-9/h4-5H,2-3H2,1H3,(H,16,17). The third kappa shape index (κ3) is 2.03. The Morgan fingerprint density at radius 2 is 2.10 bits per heavy atom. The summed E-state index contributed by atoms with van der Waals surface area (Å²) < 4.78 is 17.0. The molecule has 0 bridgehead atoms. The van der Waals surface area contributed by atoms with Crippen LogP contribution in [0.4, 0.5) is 0 Å². The fraction of sp³-hybridized carbons (Fsp3) is 0.231. The van der Waals surface area contributed by atoms with Crippen molar-refractivity contribution in [3.05, 3.63) is 27.9 Å². The molecular formula is C13H10BrNO5. The van der Waals surface area contributed by atoms with Gasteiger partial charge in [-0.05, 0) is 28.9 Å². The van der Waals surface area contributed by atoms with E-state index in [2.05, 4.69) is 21.1 Å². The molecule has 0 saturated carbocycles. The molecule has 1 aliphatic heterocycles. The van der Waals surface area contributed by atoms with Gasteiger partial charge in [-0.15, -0.1) is 0 Å². The van der Waals surface area contributed by atoms with Crippen LogP contribution in [0.3, 0.4) is 0 Å². The zero-order valence-corrected chi connectivity index (χ0v) is 12.1. The van der Waals surface area contributed by atoms with Gasteiger partial charge >= 0.3 is 5.97 Å². The van der Waals surface area contributed by atoms with E-state index in [4.69, 9.17) is 19.1 Å². The molecule has 6 nitrogen and oxygen atoms in total. The van der Waals surface area contributed by atoms with Crippen LogP contribution in [-0.4, -0.2) is 29.4 Å². The third-order valence-corrected chi connectivity index (χ3v) is 4.01. The van der Waals surface area contributed by atoms with E-state index in [1.54, 1.807) is 6.07 Å². The highest BCUT2D eigenvalue weighted by Crippen LogP contribution is 2.43. The largest absolute Gasteiger partial charge is 0.486 e. The van der Waals surface area contributed by atoms with E-state index in [1.165, 1.54) is 6.07 Å². The van der Waals surface area contributed by atoms with E-state index < -0.39 is 5.97 Å². The van der Waals surface area contributed by atoms with Gasteiger partial charge in [-0.1, -0.05) is 5.16 Å². The van der Waals surface area contributed by atoms with Crippen molar-refractivity contribution in [3.63, 3.8) is 0 Å². The van der Waals surface area contributed by atoms with E-state index >= 15 is 0 Å². The normalized spacial score (nSPS) is 13.3. The zero-order valence-electron chi connectivity index (χ0n) is 10.5. The monoisotopic (exact) mass is 339 g/mol. The summed E-state index contributed by atoms with van der Waals surface area (Å²) in [5, 5.41) is 12.4. The van der Waals surface area contributed by atoms with Crippen LogP contribution in [0, 0.1) is 6.92 Å². The van der Waals surface area contributed by atoms with Gasteiger partial charge in [0.25, 0.3) is 0 Å². The first-order valence-corrected chi connectivity index (χ1v) is 6.66. The predicted octanol–water partition coefficient (Wildman–Crippen LogP) is 2.88. The number of rotatable bonds is 2. The molecule has 104 valence electrons. The van der Waals surface area contributed by atoms with Gasteiger partial charge in [0.15, 0.2) is 23.0 Å². The lowest BCUT2D eigenvalue weighted by Crippen LogP contribution is -2.16. The van der Waals surface area contributed by atoms with Gasteiger partial charge in [0.1, 0.15) is 13.2 Å². The molecule has 0 amide bonds. The Balaban J connectivity index is 2.13. The van der Waals surface area contributed by atoms with E-state index in [9.17, 15) is 4.79 Å². The average molecular weight is 340 g/mol. The summed E-state index contributed by atoms with van der Waals surface area (Å²) in [5.41, 5.74) is 1.40. The van der Waals surface area contributed by atoms with Gasteiger partial charge in [-0.2, -0.15) is 0 Å². The maximum Gasteiger partial charge on any atom is 0.358 e. The number of carboxylic acid groups (broad SMARTS) is 1. The summed E-state index contributed by atoms with van der Waals surface area (Å²) in [4.78, 5) is 10.9. The molecule has 1 aromatic carbocycles. The van der Waals surface area contributed by atoms with Crippen LogP contribution in [-0.2, 0) is 0 Å². The Hall–Kier alpha value is -2.02. The lowest BCUT2D eigenvalue weighted by molar-refractivity contribution is 0.0686. The molecule has 0 atom stereocenters. The van der Waals surface area contributed by atoms with Gasteiger partial charge in [0, 0.05) is 21.7 Å². The zero-order chi connectivity index (χ0) is 14.3. The molecule has 0 spiro atoms. The minimum absolute atomic E-state index is 0.139. The Kier molecular flexibility index (Phi) is 3.13. The van der Waals surface area contributed by atoms with Crippen LogP contribution in [0.2, 0.25) is 0 Å². The summed E-state index contributed by atoms with van der Waals surface area (Å²) in [6.45, 7) is 2.87. The van der Waals surface area contributed by atoms with Crippen LogP contribution in [0.5, 0.6) is 11.5 Å². The van der Waals surface area contributed by atoms with E-state index in [0.717, 1.165) is 10.0 Å². The van der Waals surface area contributed by atoms with Gasteiger partial charge < -0.3 is 19.1 Å². The number of halogens is 1. The first-order chi connectivity index (χ1) is 9.58. The number of aromatic carboxylic acids is 1. The van der Waals surface area contributed by atoms with Gasteiger partial charge in [-0.3, -0.25) is 0 Å². The van der Waals surface area contributed by atoms with Gasteiger partial charge in [0.05, 0.1) is 0 Å². The number of benzene rings is 1. The van der Waals surface area contributed by atoms with Gasteiger partial charge in [-0.25, -0.2) is 4.79 Å².